The SMILES string of the molecule is Cc1cc2c(cn1)cc(-c1cc(C(=O)Nc3ncc(F)cc3F)ccc1C)c(=O)n2C. The Morgan fingerprint density at radius 3 is 2.52 bits per heavy atom. The summed E-state index contributed by atoms with van der Waals surface area (Å²) in [5.41, 5.74) is 3.32. The van der Waals surface area contributed by atoms with Crippen molar-refractivity contribution in [1.29, 1.82) is 0 Å². The molecule has 4 aromatic rings. The van der Waals surface area contributed by atoms with Gasteiger partial charge in [-0.3, -0.25) is 14.6 Å². The predicted octanol–water partition coefficient (Wildman–Crippen LogP) is 4.14. The van der Waals surface area contributed by atoms with Crippen molar-refractivity contribution in [3.63, 3.8) is 0 Å². The van der Waals surface area contributed by atoms with E-state index in [1.54, 1.807) is 42.1 Å². The van der Waals surface area contributed by atoms with Gasteiger partial charge >= 0.3 is 0 Å². The topological polar surface area (TPSA) is 76.9 Å². The average molecular weight is 420 g/mol. The molecule has 0 aliphatic rings. The molecule has 3 aromatic heterocycles. The molecule has 0 radical (unpaired) electrons. The zero-order chi connectivity index (χ0) is 22.3. The lowest BCUT2D eigenvalue weighted by Gasteiger charge is -2.13. The Bertz CT molecular complexity index is 1410. The van der Waals surface area contributed by atoms with E-state index >= 15 is 0 Å². The minimum absolute atomic E-state index is 0.204. The Hall–Kier alpha value is -3.94. The van der Waals surface area contributed by atoms with Crippen molar-refractivity contribution in [3.05, 3.63) is 87.6 Å². The summed E-state index contributed by atoms with van der Waals surface area (Å²) in [5.74, 6) is -2.83. The van der Waals surface area contributed by atoms with Crippen LogP contribution in [0.25, 0.3) is 22.0 Å². The standard InChI is InChI=1S/C23H18F2N4O2/c1-12-4-5-14(22(30)28-21-19(25)9-16(24)11-27-21)7-17(12)18-8-15-10-26-13(2)6-20(15)29(3)23(18)31/h4-11H,1-3H3,(H,27,28,30). The molecule has 0 atom stereocenters. The van der Waals surface area contributed by atoms with E-state index in [1.807, 2.05) is 19.9 Å². The lowest BCUT2D eigenvalue weighted by atomic mass is 9.97. The maximum Gasteiger partial charge on any atom is 0.258 e. The molecule has 3 heterocycles. The average Bonchev–Trinajstić information content (AvgIpc) is 2.73. The second-order valence-corrected chi connectivity index (χ2v) is 7.27. The molecular formula is C23H18F2N4O2. The van der Waals surface area contributed by atoms with E-state index in [4.69, 9.17) is 0 Å². The number of aryl methyl sites for hydroxylation is 3. The number of fused-ring (bicyclic) bond motifs is 1. The highest BCUT2D eigenvalue weighted by atomic mass is 19.1. The van der Waals surface area contributed by atoms with Crippen LogP contribution in [0.1, 0.15) is 21.6 Å². The third-order valence-electron chi connectivity index (χ3n) is 5.07. The first-order valence-corrected chi connectivity index (χ1v) is 9.44. The van der Waals surface area contributed by atoms with Crippen LogP contribution in [-0.4, -0.2) is 20.4 Å². The van der Waals surface area contributed by atoms with Crippen molar-refractivity contribution < 1.29 is 13.6 Å². The number of anilines is 1. The molecule has 31 heavy (non-hydrogen) atoms. The van der Waals surface area contributed by atoms with Gasteiger partial charge in [0.2, 0.25) is 0 Å². The number of hydrogen-bond acceptors (Lipinski definition) is 4. The van der Waals surface area contributed by atoms with Crippen LogP contribution in [0.2, 0.25) is 0 Å². The van der Waals surface area contributed by atoms with Crippen LogP contribution in [-0.2, 0) is 7.05 Å². The Labute approximate surface area is 176 Å². The summed E-state index contributed by atoms with van der Waals surface area (Å²) in [6.07, 6.45) is 2.51. The first-order valence-electron chi connectivity index (χ1n) is 9.44. The number of rotatable bonds is 3. The molecule has 8 heteroatoms. The number of halogens is 2. The number of nitrogens with one attached hydrogen (secondary N) is 1. The third-order valence-corrected chi connectivity index (χ3v) is 5.07. The molecule has 0 fully saturated rings. The van der Waals surface area contributed by atoms with Gasteiger partial charge in [-0.2, -0.15) is 0 Å². The van der Waals surface area contributed by atoms with Gasteiger partial charge in [0.15, 0.2) is 11.6 Å². The van der Waals surface area contributed by atoms with Crippen molar-refractivity contribution in [3.8, 4) is 11.1 Å². The number of amides is 1. The van der Waals surface area contributed by atoms with Gasteiger partial charge in [-0.05, 0) is 49.2 Å². The fraction of sp³-hybridized carbons (Fsp3) is 0.130. The molecule has 0 unspecified atom stereocenters. The normalized spacial score (nSPS) is 11.0. The lowest BCUT2D eigenvalue weighted by molar-refractivity contribution is 0.102. The molecule has 0 aliphatic heterocycles. The van der Waals surface area contributed by atoms with Gasteiger partial charge in [-0.25, -0.2) is 13.8 Å². The monoisotopic (exact) mass is 420 g/mol. The molecule has 156 valence electrons. The molecule has 1 N–H and O–H groups in total. The quantitative estimate of drug-likeness (QED) is 0.540. The fourth-order valence-corrected chi connectivity index (χ4v) is 3.40. The molecule has 0 spiro atoms. The summed E-state index contributed by atoms with van der Waals surface area (Å²) in [5, 5.41) is 3.12. The van der Waals surface area contributed by atoms with E-state index < -0.39 is 17.5 Å². The van der Waals surface area contributed by atoms with E-state index in [1.165, 1.54) is 0 Å². The first-order chi connectivity index (χ1) is 14.7. The first kappa shape index (κ1) is 20.3. The number of benzene rings is 1. The van der Waals surface area contributed by atoms with Crippen molar-refractivity contribution in [2.75, 3.05) is 5.32 Å². The van der Waals surface area contributed by atoms with E-state index in [-0.39, 0.29) is 16.9 Å². The van der Waals surface area contributed by atoms with Gasteiger partial charge in [0.25, 0.3) is 11.5 Å². The molecule has 4 rings (SSSR count). The summed E-state index contributed by atoms with van der Waals surface area (Å²) in [7, 11) is 1.68. The van der Waals surface area contributed by atoms with Gasteiger partial charge in [0.1, 0.15) is 5.82 Å². The highest BCUT2D eigenvalue weighted by Gasteiger charge is 2.16. The Kier molecular flexibility index (Phi) is 5.06. The van der Waals surface area contributed by atoms with Crippen LogP contribution in [0.3, 0.4) is 0 Å². The Morgan fingerprint density at radius 1 is 1.00 bits per heavy atom. The minimum Gasteiger partial charge on any atom is -0.311 e. The van der Waals surface area contributed by atoms with Crippen LogP contribution in [0, 0.1) is 25.5 Å². The molecule has 1 amide bonds. The molecular weight excluding hydrogens is 402 g/mol. The summed E-state index contributed by atoms with van der Waals surface area (Å²) < 4.78 is 28.4. The molecule has 6 nitrogen and oxygen atoms in total. The lowest BCUT2D eigenvalue weighted by Crippen LogP contribution is -2.20. The minimum atomic E-state index is -0.980. The molecule has 1 aromatic carbocycles. The zero-order valence-corrected chi connectivity index (χ0v) is 17.0. The Balaban J connectivity index is 1.78. The van der Waals surface area contributed by atoms with Crippen LogP contribution in [0.15, 0.2) is 53.6 Å². The summed E-state index contributed by atoms with van der Waals surface area (Å²) >= 11 is 0. The number of nitrogens with zero attached hydrogens (tertiary/aromatic N) is 3. The van der Waals surface area contributed by atoms with Gasteiger partial charge in [-0.15, -0.1) is 0 Å². The third kappa shape index (κ3) is 3.79. The molecule has 0 aliphatic carbocycles. The van der Waals surface area contributed by atoms with E-state index in [2.05, 4.69) is 15.3 Å². The number of pyridine rings is 3. The number of carbonyl (C=O) groups excluding carboxylic acids is 1. The zero-order valence-electron chi connectivity index (χ0n) is 17.0. The summed E-state index contributed by atoms with van der Waals surface area (Å²) in [6.45, 7) is 3.68. The van der Waals surface area contributed by atoms with Gasteiger partial charge in [-0.1, -0.05) is 6.07 Å². The molecule has 0 bridgehead atoms. The maximum absolute atomic E-state index is 13.8. The smallest absolute Gasteiger partial charge is 0.258 e. The van der Waals surface area contributed by atoms with Crippen molar-refractivity contribution >= 4 is 22.6 Å². The summed E-state index contributed by atoms with van der Waals surface area (Å²) in [4.78, 5) is 33.5. The molecule has 0 saturated carbocycles. The summed E-state index contributed by atoms with van der Waals surface area (Å²) in [6, 6.07) is 9.05. The van der Waals surface area contributed by atoms with Crippen molar-refractivity contribution in [1.82, 2.24) is 14.5 Å². The predicted molar refractivity (Wildman–Crippen MR) is 114 cm³/mol. The van der Waals surface area contributed by atoms with Gasteiger partial charge in [0, 0.05) is 41.5 Å². The second-order valence-electron chi connectivity index (χ2n) is 7.27. The van der Waals surface area contributed by atoms with Crippen LogP contribution in [0.5, 0.6) is 0 Å². The Morgan fingerprint density at radius 2 is 1.77 bits per heavy atom. The van der Waals surface area contributed by atoms with E-state index in [9.17, 15) is 18.4 Å². The number of carbonyl (C=O) groups is 1. The highest BCUT2D eigenvalue weighted by Crippen LogP contribution is 2.25. The van der Waals surface area contributed by atoms with Crippen LogP contribution < -0.4 is 10.9 Å². The van der Waals surface area contributed by atoms with Crippen LogP contribution in [0.4, 0.5) is 14.6 Å². The molecule has 0 saturated heterocycles. The highest BCUT2D eigenvalue weighted by molar-refractivity contribution is 6.04. The fourth-order valence-electron chi connectivity index (χ4n) is 3.40. The maximum atomic E-state index is 13.8. The van der Waals surface area contributed by atoms with Crippen molar-refractivity contribution in [2.45, 2.75) is 13.8 Å². The number of aromatic nitrogens is 3. The second kappa shape index (κ2) is 7.71. The largest absolute Gasteiger partial charge is 0.311 e. The van der Waals surface area contributed by atoms with Crippen molar-refractivity contribution in [2.24, 2.45) is 7.05 Å². The van der Waals surface area contributed by atoms with E-state index in [0.717, 1.165) is 28.4 Å². The van der Waals surface area contributed by atoms with Crippen LogP contribution >= 0.6 is 0 Å². The number of hydrogen-bond donors (Lipinski definition) is 1. The van der Waals surface area contributed by atoms with Gasteiger partial charge < -0.3 is 9.88 Å². The van der Waals surface area contributed by atoms with Gasteiger partial charge in [0.05, 0.1) is 11.7 Å². The van der Waals surface area contributed by atoms with E-state index in [0.29, 0.717) is 17.2 Å².